The summed E-state index contributed by atoms with van der Waals surface area (Å²) in [5.74, 6) is 0.0385. The number of nitrogens with zero attached hydrogens (tertiary/aromatic N) is 2. The molecule has 0 N–H and O–H groups in total. The highest BCUT2D eigenvalue weighted by Gasteiger charge is 2.25. The topological polar surface area (TPSA) is 42.4 Å². The number of amides is 1. The van der Waals surface area contributed by atoms with Crippen LogP contribution in [0.5, 0.6) is 0 Å². The third-order valence-electron chi connectivity index (χ3n) is 3.45. The maximum Gasteiger partial charge on any atom is 0.254 e. The third kappa shape index (κ3) is 2.70. The molecule has 1 atom stereocenters. The van der Waals surface area contributed by atoms with Crippen LogP contribution < -0.4 is 0 Å². The van der Waals surface area contributed by atoms with Crippen molar-refractivity contribution in [2.75, 3.05) is 19.7 Å². The summed E-state index contributed by atoms with van der Waals surface area (Å²) >= 11 is 0. The summed E-state index contributed by atoms with van der Waals surface area (Å²) in [6, 6.07) is 13.5. The Morgan fingerprint density at radius 1 is 1.15 bits per heavy atom. The molecule has 1 aromatic heterocycles. The Morgan fingerprint density at radius 3 is 2.65 bits per heavy atom. The van der Waals surface area contributed by atoms with Gasteiger partial charge in [0, 0.05) is 24.5 Å². The first-order valence-electron chi connectivity index (χ1n) is 6.70. The lowest BCUT2D eigenvalue weighted by atomic mass is 10.1. The number of morpholine rings is 1. The molecule has 0 saturated carbocycles. The van der Waals surface area contributed by atoms with Gasteiger partial charge in [-0.2, -0.15) is 0 Å². The van der Waals surface area contributed by atoms with Crippen molar-refractivity contribution in [3.8, 4) is 0 Å². The molecule has 1 aliphatic rings. The van der Waals surface area contributed by atoms with Gasteiger partial charge in [0.05, 0.1) is 13.2 Å². The predicted molar refractivity (Wildman–Crippen MR) is 75.3 cm³/mol. The summed E-state index contributed by atoms with van der Waals surface area (Å²) in [5, 5.41) is 0. The van der Waals surface area contributed by atoms with Crippen LogP contribution in [0, 0.1) is 0 Å². The molecule has 102 valence electrons. The van der Waals surface area contributed by atoms with E-state index in [1.54, 1.807) is 24.5 Å². The summed E-state index contributed by atoms with van der Waals surface area (Å²) in [6.45, 7) is 1.78. The van der Waals surface area contributed by atoms with Gasteiger partial charge in [0.1, 0.15) is 6.10 Å². The van der Waals surface area contributed by atoms with Gasteiger partial charge in [-0.05, 0) is 17.7 Å². The molecule has 1 fully saturated rings. The highest BCUT2D eigenvalue weighted by molar-refractivity contribution is 5.94. The van der Waals surface area contributed by atoms with Crippen LogP contribution in [0.25, 0.3) is 0 Å². The van der Waals surface area contributed by atoms with Crippen LogP contribution in [0.1, 0.15) is 22.0 Å². The van der Waals surface area contributed by atoms with Crippen molar-refractivity contribution < 1.29 is 9.53 Å². The highest BCUT2D eigenvalue weighted by atomic mass is 16.5. The van der Waals surface area contributed by atoms with Crippen LogP contribution >= 0.6 is 0 Å². The first-order valence-corrected chi connectivity index (χ1v) is 6.70. The average molecular weight is 268 g/mol. The monoisotopic (exact) mass is 268 g/mol. The molecule has 1 saturated heterocycles. The second kappa shape index (κ2) is 5.84. The van der Waals surface area contributed by atoms with Gasteiger partial charge in [-0.25, -0.2) is 0 Å². The maximum absolute atomic E-state index is 12.4. The minimum Gasteiger partial charge on any atom is -0.370 e. The highest BCUT2D eigenvalue weighted by Crippen LogP contribution is 2.22. The van der Waals surface area contributed by atoms with Gasteiger partial charge in [0.15, 0.2) is 0 Å². The quantitative estimate of drug-likeness (QED) is 0.839. The minimum atomic E-state index is -0.0456. The number of aromatic nitrogens is 1. The molecule has 4 heteroatoms. The second-order valence-electron chi connectivity index (χ2n) is 4.76. The van der Waals surface area contributed by atoms with Crippen LogP contribution in [-0.2, 0) is 4.74 Å². The summed E-state index contributed by atoms with van der Waals surface area (Å²) in [6.07, 6.45) is 3.24. The smallest absolute Gasteiger partial charge is 0.254 e. The fourth-order valence-electron chi connectivity index (χ4n) is 2.38. The molecule has 1 aliphatic heterocycles. The van der Waals surface area contributed by atoms with Gasteiger partial charge < -0.3 is 9.64 Å². The molecule has 0 unspecified atom stereocenters. The zero-order valence-electron chi connectivity index (χ0n) is 11.1. The van der Waals surface area contributed by atoms with Gasteiger partial charge >= 0.3 is 0 Å². The first kappa shape index (κ1) is 12.8. The maximum atomic E-state index is 12.4. The number of rotatable bonds is 2. The van der Waals surface area contributed by atoms with Crippen molar-refractivity contribution in [2.45, 2.75) is 6.10 Å². The van der Waals surface area contributed by atoms with Crippen molar-refractivity contribution in [3.05, 3.63) is 66.0 Å². The van der Waals surface area contributed by atoms with E-state index in [2.05, 4.69) is 4.98 Å². The summed E-state index contributed by atoms with van der Waals surface area (Å²) in [7, 11) is 0. The molecular weight excluding hydrogens is 252 g/mol. The first-order chi connectivity index (χ1) is 9.84. The molecule has 2 heterocycles. The molecule has 1 aromatic carbocycles. The lowest BCUT2D eigenvalue weighted by Gasteiger charge is -2.33. The van der Waals surface area contributed by atoms with E-state index in [1.807, 2.05) is 35.2 Å². The number of carbonyl (C=O) groups is 1. The lowest BCUT2D eigenvalue weighted by molar-refractivity contribution is -0.0228. The molecule has 2 aromatic rings. The van der Waals surface area contributed by atoms with Crippen molar-refractivity contribution in [3.63, 3.8) is 0 Å². The molecule has 3 rings (SSSR count). The van der Waals surface area contributed by atoms with Gasteiger partial charge in [-0.3, -0.25) is 9.78 Å². The van der Waals surface area contributed by atoms with E-state index < -0.39 is 0 Å². The molecule has 0 spiro atoms. The largest absolute Gasteiger partial charge is 0.370 e. The van der Waals surface area contributed by atoms with Crippen molar-refractivity contribution in [2.24, 2.45) is 0 Å². The number of hydrogen-bond donors (Lipinski definition) is 0. The zero-order valence-corrected chi connectivity index (χ0v) is 11.1. The standard InChI is InChI=1S/C16H16N2O2/c19-16(14-6-8-17-9-7-14)18-10-11-20-15(12-18)13-4-2-1-3-5-13/h1-9,15H,10-12H2/t15-/m1/s1. The van der Waals surface area contributed by atoms with Crippen LogP contribution in [-0.4, -0.2) is 35.5 Å². The number of hydrogen-bond acceptors (Lipinski definition) is 3. The van der Waals surface area contributed by atoms with Crippen molar-refractivity contribution in [1.82, 2.24) is 9.88 Å². The Bertz CT molecular complexity index is 572. The fourth-order valence-corrected chi connectivity index (χ4v) is 2.38. The number of benzene rings is 1. The van der Waals surface area contributed by atoms with E-state index in [-0.39, 0.29) is 12.0 Å². The number of ether oxygens (including phenoxy) is 1. The minimum absolute atomic E-state index is 0.0385. The van der Waals surface area contributed by atoms with E-state index in [0.29, 0.717) is 25.3 Å². The van der Waals surface area contributed by atoms with E-state index in [1.165, 1.54) is 0 Å². The Hall–Kier alpha value is -2.20. The Morgan fingerprint density at radius 2 is 1.90 bits per heavy atom. The summed E-state index contributed by atoms with van der Waals surface area (Å²) < 4.78 is 5.77. The molecule has 0 radical (unpaired) electrons. The van der Waals surface area contributed by atoms with Crippen LogP contribution in [0.15, 0.2) is 54.9 Å². The average Bonchev–Trinajstić information content (AvgIpc) is 2.56. The Balaban J connectivity index is 1.74. The molecule has 0 bridgehead atoms. The summed E-state index contributed by atoms with van der Waals surface area (Å²) in [5.41, 5.74) is 1.79. The SMILES string of the molecule is O=C(c1ccncc1)N1CCO[C@@H](c2ccccc2)C1. The second-order valence-corrected chi connectivity index (χ2v) is 4.76. The summed E-state index contributed by atoms with van der Waals surface area (Å²) in [4.78, 5) is 18.2. The van der Waals surface area contributed by atoms with E-state index >= 15 is 0 Å². The predicted octanol–water partition coefficient (Wildman–Crippen LogP) is 2.30. The third-order valence-corrected chi connectivity index (χ3v) is 3.45. The van der Waals surface area contributed by atoms with Gasteiger partial charge in [0.25, 0.3) is 5.91 Å². The normalized spacial score (nSPS) is 18.8. The number of pyridine rings is 1. The van der Waals surface area contributed by atoms with Crippen molar-refractivity contribution >= 4 is 5.91 Å². The van der Waals surface area contributed by atoms with E-state index in [9.17, 15) is 4.79 Å². The van der Waals surface area contributed by atoms with E-state index in [0.717, 1.165) is 5.56 Å². The van der Waals surface area contributed by atoms with Gasteiger partial charge in [0.2, 0.25) is 0 Å². The van der Waals surface area contributed by atoms with Crippen LogP contribution in [0.3, 0.4) is 0 Å². The van der Waals surface area contributed by atoms with E-state index in [4.69, 9.17) is 4.74 Å². The van der Waals surface area contributed by atoms with Crippen LogP contribution in [0.4, 0.5) is 0 Å². The molecule has 20 heavy (non-hydrogen) atoms. The molecule has 1 amide bonds. The molecular formula is C16H16N2O2. The Kier molecular flexibility index (Phi) is 3.74. The number of carbonyl (C=O) groups excluding carboxylic acids is 1. The fraction of sp³-hybridized carbons (Fsp3) is 0.250. The molecule has 4 nitrogen and oxygen atoms in total. The zero-order chi connectivity index (χ0) is 13.8. The Labute approximate surface area is 118 Å². The van der Waals surface area contributed by atoms with Crippen molar-refractivity contribution in [1.29, 1.82) is 0 Å². The lowest BCUT2D eigenvalue weighted by Crippen LogP contribution is -2.42. The molecule has 0 aliphatic carbocycles. The van der Waals surface area contributed by atoms with Gasteiger partial charge in [-0.15, -0.1) is 0 Å². The van der Waals surface area contributed by atoms with Gasteiger partial charge in [-0.1, -0.05) is 30.3 Å². The van der Waals surface area contributed by atoms with Crippen LogP contribution in [0.2, 0.25) is 0 Å².